The van der Waals surface area contributed by atoms with Crippen molar-refractivity contribution in [2.75, 3.05) is 13.1 Å². The largest absolute Gasteiger partial charge is 0.291 e. The fraction of sp³-hybridized carbons (Fsp3) is 0.375. The van der Waals surface area contributed by atoms with Gasteiger partial charge in [0.15, 0.2) is 0 Å². The second kappa shape index (κ2) is 2.39. The van der Waals surface area contributed by atoms with Gasteiger partial charge in [-0.25, -0.2) is 5.32 Å². The van der Waals surface area contributed by atoms with Gasteiger partial charge in [0.2, 0.25) is 0 Å². The zero-order chi connectivity index (χ0) is 6.81. The molecule has 0 saturated carbocycles. The Morgan fingerprint density at radius 3 is 3.30 bits per heavy atom. The average molecular weight is 133 g/mol. The van der Waals surface area contributed by atoms with Gasteiger partial charge >= 0.3 is 0 Å². The van der Waals surface area contributed by atoms with E-state index in [-0.39, 0.29) is 6.04 Å². The van der Waals surface area contributed by atoms with Gasteiger partial charge in [0, 0.05) is 12.8 Å². The quantitative estimate of drug-likeness (QED) is 0.461. The maximum absolute atomic E-state index is 4.35. The normalized spacial score (nSPS) is 29.6. The third-order valence-corrected chi connectivity index (χ3v) is 1.74. The minimum Gasteiger partial charge on any atom is -0.291 e. The first-order valence-electron chi connectivity index (χ1n) is 3.50. The maximum Gasteiger partial charge on any atom is 0.0844 e. The second-order valence-electron chi connectivity index (χ2n) is 2.43. The summed E-state index contributed by atoms with van der Waals surface area (Å²) in [6.45, 7) is 1.67. The summed E-state index contributed by atoms with van der Waals surface area (Å²) in [6, 6.07) is 0.263. The third kappa shape index (κ3) is 0.907. The Morgan fingerprint density at radius 2 is 2.40 bits per heavy atom. The lowest BCUT2D eigenvalue weighted by atomic mass is 10.0. The Kier molecular flexibility index (Phi) is 1.40. The molecular weight excluding hydrogens is 124 g/mol. The van der Waals surface area contributed by atoms with E-state index in [4.69, 9.17) is 0 Å². The molecule has 10 heavy (non-hydrogen) atoms. The second-order valence-corrected chi connectivity index (χ2v) is 2.43. The highest BCUT2D eigenvalue weighted by Crippen LogP contribution is 2.11. The van der Waals surface area contributed by atoms with Crippen molar-refractivity contribution in [3.05, 3.63) is 23.8 Å². The minimum absolute atomic E-state index is 0.263. The van der Waals surface area contributed by atoms with E-state index in [9.17, 15) is 0 Å². The lowest BCUT2D eigenvalue weighted by molar-refractivity contribution is 0.709. The van der Waals surface area contributed by atoms with E-state index in [1.165, 1.54) is 5.57 Å². The molecule has 2 heterocycles. The number of fused-ring (bicyclic) bond motifs is 1. The Labute approximate surface area is 60.3 Å². The van der Waals surface area contributed by atoms with E-state index in [2.05, 4.69) is 28.5 Å². The van der Waals surface area contributed by atoms with Crippen LogP contribution >= 0.6 is 0 Å². The summed E-state index contributed by atoms with van der Waals surface area (Å²) >= 11 is 0. The molecule has 1 unspecified atom stereocenters. The first kappa shape index (κ1) is 5.86. The summed E-state index contributed by atoms with van der Waals surface area (Å²) in [5.41, 5.74) is 1.31. The number of hydrogen-bond donors (Lipinski definition) is 0. The highest BCUT2D eigenvalue weighted by molar-refractivity contribution is 5.72. The standard InChI is InChI=1S/C8H9N2/c1-2-7-3-5-9-6-8(7)10-4-1/h1-3,6,8H,4-5H2. The molecule has 51 valence electrons. The van der Waals surface area contributed by atoms with E-state index in [0.717, 1.165) is 13.1 Å². The van der Waals surface area contributed by atoms with Gasteiger partial charge in [0.05, 0.1) is 12.6 Å². The summed E-state index contributed by atoms with van der Waals surface area (Å²) in [5, 5.41) is 4.35. The Morgan fingerprint density at radius 1 is 1.40 bits per heavy atom. The van der Waals surface area contributed by atoms with Gasteiger partial charge in [-0.2, -0.15) is 0 Å². The summed E-state index contributed by atoms with van der Waals surface area (Å²) in [5.74, 6) is 0. The van der Waals surface area contributed by atoms with Crippen LogP contribution in [-0.2, 0) is 0 Å². The predicted molar refractivity (Wildman–Crippen MR) is 41.4 cm³/mol. The van der Waals surface area contributed by atoms with Crippen molar-refractivity contribution in [1.29, 1.82) is 0 Å². The first-order valence-corrected chi connectivity index (χ1v) is 3.50. The molecule has 2 nitrogen and oxygen atoms in total. The van der Waals surface area contributed by atoms with Crippen LogP contribution in [0.15, 0.2) is 28.8 Å². The molecule has 0 saturated heterocycles. The molecule has 0 bridgehead atoms. The SMILES string of the molecule is C1=CC2=CCN=CC2[N]C1. The smallest absolute Gasteiger partial charge is 0.0844 e. The van der Waals surface area contributed by atoms with Crippen molar-refractivity contribution in [1.82, 2.24) is 5.32 Å². The van der Waals surface area contributed by atoms with Crippen molar-refractivity contribution in [2.24, 2.45) is 4.99 Å². The summed E-state index contributed by atoms with van der Waals surface area (Å²) in [7, 11) is 0. The van der Waals surface area contributed by atoms with Gasteiger partial charge in [-0.05, 0) is 5.57 Å². The molecule has 2 rings (SSSR count). The zero-order valence-corrected chi connectivity index (χ0v) is 5.70. The highest BCUT2D eigenvalue weighted by atomic mass is 14.9. The van der Waals surface area contributed by atoms with Crippen LogP contribution in [0.5, 0.6) is 0 Å². The van der Waals surface area contributed by atoms with Crippen molar-refractivity contribution in [3.8, 4) is 0 Å². The van der Waals surface area contributed by atoms with Crippen molar-refractivity contribution in [3.63, 3.8) is 0 Å². The topological polar surface area (TPSA) is 26.5 Å². The van der Waals surface area contributed by atoms with Gasteiger partial charge in [0.1, 0.15) is 0 Å². The van der Waals surface area contributed by atoms with Crippen molar-refractivity contribution >= 4 is 6.21 Å². The molecule has 0 N–H and O–H groups in total. The first-order chi connectivity index (χ1) is 4.97. The molecule has 0 aliphatic carbocycles. The number of hydrogen-bond acceptors (Lipinski definition) is 1. The molecule has 2 aliphatic heterocycles. The molecule has 0 fully saturated rings. The summed E-state index contributed by atoms with van der Waals surface area (Å²) < 4.78 is 0. The maximum atomic E-state index is 4.35. The minimum atomic E-state index is 0.263. The van der Waals surface area contributed by atoms with E-state index in [1.807, 2.05) is 6.21 Å². The molecule has 0 aromatic carbocycles. The molecule has 1 radical (unpaired) electrons. The fourth-order valence-corrected chi connectivity index (χ4v) is 1.21. The molecule has 0 aromatic heterocycles. The van der Waals surface area contributed by atoms with E-state index in [1.54, 1.807) is 0 Å². The monoisotopic (exact) mass is 133 g/mol. The van der Waals surface area contributed by atoms with Crippen LogP contribution in [0.2, 0.25) is 0 Å². The van der Waals surface area contributed by atoms with Crippen LogP contribution in [0.3, 0.4) is 0 Å². The number of rotatable bonds is 0. The molecule has 0 spiro atoms. The molecular formula is C8H9N2. The van der Waals surface area contributed by atoms with Gasteiger partial charge in [-0.1, -0.05) is 18.2 Å². The van der Waals surface area contributed by atoms with Crippen molar-refractivity contribution < 1.29 is 0 Å². The lowest BCUT2D eigenvalue weighted by Gasteiger charge is -2.19. The number of aliphatic imine (C=N–C) groups is 1. The van der Waals surface area contributed by atoms with Crippen molar-refractivity contribution in [2.45, 2.75) is 6.04 Å². The Balaban J connectivity index is 2.26. The van der Waals surface area contributed by atoms with Crippen LogP contribution in [0.4, 0.5) is 0 Å². The fourth-order valence-electron chi connectivity index (χ4n) is 1.21. The van der Waals surface area contributed by atoms with Crippen LogP contribution in [0.25, 0.3) is 0 Å². The van der Waals surface area contributed by atoms with Crippen LogP contribution in [-0.4, -0.2) is 25.3 Å². The highest BCUT2D eigenvalue weighted by Gasteiger charge is 2.14. The van der Waals surface area contributed by atoms with Gasteiger partial charge in [-0.15, -0.1) is 0 Å². The van der Waals surface area contributed by atoms with E-state index in [0.29, 0.717) is 0 Å². The summed E-state index contributed by atoms with van der Waals surface area (Å²) in [4.78, 5) is 4.13. The van der Waals surface area contributed by atoms with E-state index >= 15 is 0 Å². The number of nitrogens with zero attached hydrogens (tertiary/aromatic N) is 2. The Bertz CT molecular complexity index is 213. The van der Waals surface area contributed by atoms with E-state index < -0.39 is 0 Å². The molecule has 2 aliphatic rings. The molecule has 0 aromatic rings. The third-order valence-electron chi connectivity index (χ3n) is 1.74. The van der Waals surface area contributed by atoms with Gasteiger partial charge in [-0.3, -0.25) is 4.99 Å². The zero-order valence-electron chi connectivity index (χ0n) is 5.70. The molecule has 1 atom stereocenters. The van der Waals surface area contributed by atoms with Crippen LogP contribution in [0, 0.1) is 0 Å². The van der Waals surface area contributed by atoms with Crippen LogP contribution in [0.1, 0.15) is 0 Å². The van der Waals surface area contributed by atoms with Gasteiger partial charge < -0.3 is 0 Å². The van der Waals surface area contributed by atoms with Gasteiger partial charge in [0.25, 0.3) is 0 Å². The number of dihydropyridines is 1. The van der Waals surface area contributed by atoms with Crippen LogP contribution < -0.4 is 5.32 Å². The molecule has 2 heteroatoms. The summed E-state index contributed by atoms with van der Waals surface area (Å²) in [6.07, 6.45) is 8.28. The lowest BCUT2D eigenvalue weighted by Crippen LogP contribution is -2.30. The molecule has 0 amide bonds. The predicted octanol–water partition coefficient (Wildman–Crippen LogP) is 0.540. The Hall–Kier alpha value is -0.890. The average Bonchev–Trinajstić information content (AvgIpc) is 2.05.